The highest BCUT2D eigenvalue weighted by atomic mass is 79.9. The number of halogens is 2. The van der Waals surface area contributed by atoms with Crippen LogP contribution in [0.5, 0.6) is 0 Å². The number of ether oxygens (including phenoxy) is 1. The van der Waals surface area contributed by atoms with Gasteiger partial charge in [0.05, 0.1) is 17.7 Å². The van der Waals surface area contributed by atoms with Crippen molar-refractivity contribution in [1.29, 1.82) is 0 Å². The van der Waals surface area contributed by atoms with Crippen molar-refractivity contribution in [3.63, 3.8) is 0 Å². The zero-order valence-electron chi connectivity index (χ0n) is 7.68. The van der Waals surface area contributed by atoms with Gasteiger partial charge in [-0.1, -0.05) is 6.07 Å². The van der Waals surface area contributed by atoms with Crippen LogP contribution in [0.3, 0.4) is 0 Å². The molecule has 0 bridgehead atoms. The van der Waals surface area contributed by atoms with Gasteiger partial charge >= 0.3 is 0 Å². The summed E-state index contributed by atoms with van der Waals surface area (Å²) < 4.78 is 18.6. The van der Waals surface area contributed by atoms with Crippen LogP contribution in [0.25, 0.3) is 0 Å². The maximum atomic E-state index is 13.3. The number of aliphatic hydroxyl groups is 1. The van der Waals surface area contributed by atoms with Crippen LogP contribution in [0.4, 0.5) is 4.39 Å². The molecule has 0 saturated carbocycles. The fourth-order valence-electron chi connectivity index (χ4n) is 1.46. The van der Waals surface area contributed by atoms with Crippen molar-refractivity contribution in [3.8, 4) is 0 Å². The summed E-state index contributed by atoms with van der Waals surface area (Å²) in [6.07, 6.45) is 0. The van der Waals surface area contributed by atoms with E-state index >= 15 is 0 Å². The first kappa shape index (κ1) is 10.1. The fourth-order valence-corrected chi connectivity index (χ4v) is 2.02. The standard InChI is InChI=1S/C10H10BrFO2/c1-6-2-7(3-8(11)9(6)12)10(13)4-14-5-10/h2-3,13H,4-5H2,1H3. The summed E-state index contributed by atoms with van der Waals surface area (Å²) in [7, 11) is 0. The van der Waals surface area contributed by atoms with E-state index in [1.54, 1.807) is 19.1 Å². The lowest BCUT2D eigenvalue weighted by molar-refractivity contribution is -0.184. The number of rotatable bonds is 1. The van der Waals surface area contributed by atoms with Crippen molar-refractivity contribution in [2.24, 2.45) is 0 Å². The van der Waals surface area contributed by atoms with Gasteiger partial charge in [0.2, 0.25) is 0 Å². The number of benzene rings is 1. The average molecular weight is 261 g/mol. The molecule has 2 nitrogen and oxygen atoms in total. The van der Waals surface area contributed by atoms with Gasteiger partial charge in [0.1, 0.15) is 11.4 Å². The van der Waals surface area contributed by atoms with Gasteiger partial charge in [0.15, 0.2) is 0 Å². The van der Waals surface area contributed by atoms with Crippen molar-refractivity contribution in [3.05, 3.63) is 33.5 Å². The summed E-state index contributed by atoms with van der Waals surface area (Å²) in [5.74, 6) is -0.280. The van der Waals surface area contributed by atoms with Gasteiger partial charge in [0.25, 0.3) is 0 Å². The first-order chi connectivity index (χ1) is 6.53. The Morgan fingerprint density at radius 2 is 2.14 bits per heavy atom. The van der Waals surface area contributed by atoms with Crippen molar-refractivity contribution in [1.82, 2.24) is 0 Å². The molecule has 0 atom stereocenters. The van der Waals surface area contributed by atoms with Crippen LogP contribution in [0.1, 0.15) is 11.1 Å². The predicted octanol–water partition coefficient (Wildman–Crippen LogP) is 2.11. The molecule has 1 saturated heterocycles. The number of hydrogen-bond acceptors (Lipinski definition) is 2. The lowest BCUT2D eigenvalue weighted by Crippen LogP contribution is -2.46. The highest BCUT2D eigenvalue weighted by molar-refractivity contribution is 9.10. The van der Waals surface area contributed by atoms with E-state index in [0.717, 1.165) is 0 Å². The first-order valence-electron chi connectivity index (χ1n) is 4.29. The van der Waals surface area contributed by atoms with E-state index in [0.29, 0.717) is 15.6 Å². The van der Waals surface area contributed by atoms with Crippen LogP contribution in [0.15, 0.2) is 16.6 Å². The van der Waals surface area contributed by atoms with Crippen LogP contribution in [0.2, 0.25) is 0 Å². The molecule has 1 aromatic rings. The zero-order chi connectivity index (χ0) is 10.3. The highest BCUT2D eigenvalue weighted by Gasteiger charge is 2.38. The minimum atomic E-state index is -0.930. The van der Waals surface area contributed by atoms with Crippen molar-refractivity contribution >= 4 is 15.9 Å². The summed E-state index contributed by atoms with van der Waals surface area (Å²) in [6, 6.07) is 3.26. The minimum absolute atomic E-state index is 0.280. The fraction of sp³-hybridized carbons (Fsp3) is 0.400. The van der Waals surface area contributed by atoms with Gasteiger partial charge in [-0.25, -0.2) is 4.39 Å². The maximum Gasteiger partial charge on any atom is 0.140 e. The average Bonchev–Trinajstić information content (AvgIpc) is 2.09. The Kier molecular flexibility index (Phi) is 2.37. The summed E-state index contributed by atoms with van der Waals surface area (Å²) in [5, 5.41) is 9.95. The number of aryl methyl sites for hydroxylation is 1. The molecule has 1 aliphatic rings. The van der Waals surface area contributed by atoms with Crippen molar-refractivity contribution < 1.29 is 14.2 Å². The van der Waals surface area contributed by atoms with Gasteiger partial charge in [-0.2, -0.15) is 0 Å². The maximum absolute atomic E-state index is 13.3. The molecule has 0 spiro atoms. The molecule has 0 radical (unpaired) electrons. The third kappa shape index (κ3) is 1.47. The molecule has 0 unspecified atom stereocenters. The van der Waals surface area contributed by atoms with Crippen LogP contribution >= 0.6 is 15.9 Å². The molecule has 76 valence electrons. The Morgan fingerprint density at radius 1 is 1.50 bits per heavy atom. The van der Waals surface area contributed by atoms with Crippen LogP contribution in [-0.2, 0) is 10.3 Å². The van der Waals surface area contributed by atoms with Crippen molar-refractivity contribution in [2.45, 2.75) is 12.5 Å². The molecule has 0 aromatic heterocycles. The Bertz CT molecular complexity index is 351. The molecular weight excluding hydrogens is 251 g/mol. The quantitative estimate of drug-likeness (QED) is 0.839. The Morgan fingerprint density at radius 3 is 2.57 bits per heavy atom. The van der Waals surface area contributed by atoms with Crippen molar-refractivity contribution in [2.75, 3.05) is 13.2 Å². The summed E-state index contributed by atoms with van der Waals surface area (Å²) >= 11 is 3.12. The van der Waals surface area contributed by atoms with E-state index in [9.17, 15) is 9.50 Å². The van der Waals surface area contributed by atoms with Gasteiger partial charge in [0, 0.05) is 0 Å². The molecule has 1 fully saturated rings. The van der Waals surface area contributed by atoms with E-state index < -0.39 is 5.60 Å². The minimum Gasteiger partial charge on any atom is -0.380 e. The predicted molar refractivity (Wildman–Crippen MR) is 53.6 cm³/mol. The smallest absolute Gasteiger partial charge is 0.140 e. The van der Waals surface area contributed by atoms with Crippen LogP contribution < -0.4 is 0 Å². The first-order valence-corrected chi connectivity index (χ1v) is 5.08. The Hall–Kier alpha value is -0.450. The Labute approximate surface area is 89.8 Å². The second-order valence-corrected chi connectivity index (χ2v) is 4.47. The SMILES string of the molecule is Cc1cc(C2(O)COC2)cc(Br)c1F. The highest BCUT2D eigenvalue weighted by Crippen LogP contribution is 2.32. The van der Waals surface area contributed by atoms with E-state index in [4.69, 9.17) is 4.74 Å². The molecule has 1 aromatic carbocycles. The van der Waals surface area contributed by atoms with Gasteiger partial charge in [-0.05, 0) is 40.0 Å². The lowest BCUT2D eigenvalue weighted by atomic mass is 9.91. The largest absolute Gasteiger partial charge is 0.380 e. The molecule has 1 aliphatic heterocycles. The molecule has 0 aliphatic carbocycles. The summed E-state index contributed by atoms with van der Waals surface area (Å²) in [5.41, 5.74) is 0.297. The third-order valence-corrected chi connectivity index (χ3v) is 3.01. The van der Waals surface area contributed by atoms with Crippen LogP contribution in [0, 0.1) is 12.7 Å². The lowest BCUT2D eigenvalue weighted by Gasteiger charge is -2.37. The molecule has 0 amide bonds. The summed E-state index contributed by atoms with van der Waals surface area (Å²) in [6.45, 7) is 2.24. The summed E-state index contributed by atoms with van der Waals surface area (Å²) in [4.78, 5) is 0. The second-order valence-electron chi connectivity index (χ2n) is 3.61. The molecule has 14 heavy (non-hydrogen) atoms. The normalized spacial score (nSPS) is 19.1. The van der Waals surface area contributed by atoms with Crippen LogP contribution in [-0.4, -0.2) is 18.3 Å². The van der Waals surface area contributed by atoms with E-state index in [-0.39, 0.29) is 19.0 Å². The third-order valence-electron chi connectivity index (χ3n) is 2.43. The molecular formula is C10H10BrFO2. The van der Waals surface area contributed by atoms with E-state index in [2.05, 4.69) is 15.9 Å². The van der Waals surface area contributed by atoms with E-state index in [1.165, 1.54) is 0 Å². The van der Waals surface area contributed by atoms with Gasteiger partial charge in [-0.15, -0.1) is 0 Å². The van der Waals surface area contributed by atoms with Gasteiger partial charge in [-0.3, -0.25) is 0 Å². The number of hydrogen-bond donors (Lipinski definition) is 1. The Balaban J connectivity index is 2.45. The van der Waals surface area contributed by atoms with E-state index in [1.807, 2.05) is 0 Å². The second kappa shape index (κ2) is 3.29. The zero-order valence-corrected chi connectivity index (χ0v) is 9.27. The van der Waals surface area contributed by atoms with Gasteiger partial charge < -0.3 is 9.84 Å². The topological polar surface area (TPSA) is 29.5 Å². The molecule has 1 N–H and O–H groups in total. The molecule has 1 heterocycles. The monoisotopic (exact) mass is 260 g/mol. The molecule has 4 heteroatoms. The molecule has 2 rings (SSSR count).